The van der Waals surface area contributed by atoms with E-state index in [1.807, 2.05) is 5.94 Å². The van der Waals surface area contributed by atoms with Gasteiger partial charge < -0.3 is 10.5 Å². The van der Waals surface area contributed by atoms with Crippen LogP contribution in [0.1, 0.15) is 53.9 Å². The Morgan fingerprint density at radius 3 is 2.65 bits per heavy atom. The number of nitrogens with zero attached hydrogens (tertiary/aromatic N) is 4. The minimum atomic E-state index is -1.73. The molecule has 2 saturated carbocycles. The first kappa shape index (κ1) is 25.6. The average molecular weight is 545 g/mol. The Labute approximate surface area is 227 Å². The molecule has 11 heteroatoms. The SMILES string of the molecule is Cn1ncc(-c2ccc3c(c2)C(CN)=NNC3=C=O)c1-c1c(F)c(C2CC(=C(F)F)C2)cc(OC2CC2)c1C#N. The zero-order valence-electron chi connectivity index (χ0n) is 21.4. The second kappa shape index (κ2) is 9.83. The Morgan fingerprint density at radius 2 is 2.00 bits per heavy atom. The van der Waals surface area contributed by atoms with Crippen LogP contribution in [0.3, 0.4) is 0 Å². The van der Waals surface area contributed by atoms with Crippen LogP contribution >= 0.6 is 0 Å². The van der Waals surface area contributed by atoms with E-state index in [9.17, 15) is 18.8 Å². The molecule has 1 aliphatic heterocycles. The summed E-state index contributed by atoms with van der Waals surface area (Å²) >= 11 is 0. The van der Waals surface area contributed by atoms with Gasteiger partial charge >= 0.3 is 0 Å². The average Bonchev–Trinajstić information content (AvgIpc) is 3.66. The summed E-state index contributed by atoms with van der Waals surface area (Å²) in [7, 11) is 1.64. The van der Waals surface area contributed by atoms with Crippen LogP contribution in [0.2, 0.25) is 0 Å². The molecule has 0 saturated heterocycles. The van der Waals surface area contributed by atoms with E-state index in [-0.39, 0.29) is 59.2 Å². The zero-order valence-corrected chi connectivity index (χ0v) is 21.4. The van der Waals surface area contributed by atoms with Crippen molar-refractivity contribution in [3.05, 3.63) is 70.2 Å². The smallest absolute Gasteiger partial charge is 0.269 e. The van der Waals surface area contributed by atoms with E-state index in [1.54, 1.807) is 31.4 Å². The molecule has 0 atom stereocenters. The van der Waals surface area contributed by atoms with Crippen molar-refractivity contribution in [3.63, 3.8) is 0 Å². The van der Waals surface area contributed by atoms with Gasteiger partial charge in [-0.25, -0.2) is 9.18 Å². The molecule has 6 rings (SSSR count). The molecule has 0 amide bonds. The molecule has 0 unspecified atom stereocenters. The maximum absolute atomic E-state index is 16.4. The van der Waals surface area contributed by atoms with Crippen LogP contribution in [-0.4, -0.2) is 34.1 Å². The van der Waals surface area contributed by atoms with Crippen LogP contribution in [0.5, 0.6) is 5.75 Å². The third-order valence-electron chi connectivity index (χ3n) is 7.56. The zero-order chi connectivity index (χ0) is 28.1. The molecule has 0 bridgehead atoms. The van der Waals surface area contributed by atoms with Crippen molar-refractivity contribution < 1.29 is 22.7 Å². The van der Waals surface area contributed by atoms with Crippen molar-refractivity contribution in [2.45, 2.75) is 37.7 Å². The summed E-state index contributed by atoms with van der Waals surface area (Å²) in [4.78, 5) is 11.4. The number of ether oxygens (including phenoxy) is 1. The predicted octanol–water partition coefficient (Wildman–Crippen LogP) is 4.77. The predicted molar refractivity (Wildman–Crippen MR) is 141 cm³/mol. The lowest BCUT2D eigenvalue weighted by Gasteiger charge is -2.30. The molecule has 2 fully saturated rings. The van der Waals surface area contributed by atoms with Crippen LogP contribution < -0.4 is 15.9 Å². The highest BCUT2D eigenvalue weighted by Gasteiger charge is 2.36. The number of carbonyl (C=O) groups excluding carboxylic acids is 1. The van der Waals surface area contributed by atoms with Gasteiger partial charge in [0.05, 0.1) is 29.3 Å². The number of nitrogens with two attached hydrogens (primary N) is 1. The third kappa shape index (κ3) is 4.18. The van der Waals surface area contributed by atoms with Crippen LogP contribution in [-0.2, 0) is 11.8 Å². The number of rotatable bonds is 6. The van der Waals surface area contributed by atoms with Crippen LogP contribution in [0.25, 0.3) is 28.1 Å². The van der Waals surface area contributed by atoms with E-state index >= 15 is 4.39 Å². The molecule has 3 N–H and O–H groups in total. The maximum atomic E-state index is 16.4. The minimum Gasteiger partial charge on any atom is -0.489 e. The van der Waals surface area contributed by atoms with Crippen molar-refractivity contribution in [1.82, 2.24) is 15.2 Å². The Kier molecular flexibility index (Phi) is 6.29. The number of nitriles is 1. The number of hydrogen-bond acceptors (Lipinski definition) is 7. The van der Waals surface area contributed by atoms with Crippen molar-refractivity contribution in [2.75, 3.05) is 6.54 Å². The Balaban J connectivity index is 1.54. The molecule has 8 nitrogen and oxygen atoms in total. The molecule has 0 radical (unpaired) electrons. The molecular formula is C29H23F3N6O2. The second-order valence-electron chi connectivity index (χ2n) is 10.1. The minimum absolute atomic E-state index is 0.00405. The van der Waals surface area contributed by atoms with E-state index in [0.29, 0.717) is 33.7 Å². The number of benzene rings is 2. The van der Waals surface area contributed by atoms with E-state index in [0.717, 1.165) is 12.8 Å². The summed E-state index contributed by atoms with van der Waals surface area (Å²) in [5.74, 6) is 0.942. The number of nitrogens with one attached hydrogen (secondary N) is 1. The molecule has 202 valence electrons. The van der Waals surface area contributed by atoms with Gasteiger partial charge in [-0.1, -0.05) is 12.1 Å². The molecule has 3 aromatic rings. The first-order valence-electron chi connectivity index (χ1n) is 12.8. The van der Waals surface area contributed by atoms with Gasteiger partial charge in [0.15, 0.2) is 5.94 Å². The van der Waals surface area contributed by atoms with Gasteiger partial charge in [0.25, 0.3) is 6.08 Å². The largest absolute Gasteiger partial charge is 0.489 e. The van der Waals surface area contributed by atoms with Crippen LogP contribution in [0.4, 0.5) is 13.2 Å². The highest BCUT2D eigenvalue weighted by atomic mass is 19.3. The number of halogens is 3. The van der Waals surface area contributed by atoms with Crippen molar-refractivity contribution >= 4 is 17.4 Å². The maximum Gasteiger partial charge on any atom is 0.269 e. The quantitative estimate of drug-likeness (QED) is 0.432. The molecule has 3 aliphatic rings. The fourth-order valence-electron chi connectivity index (χ4n) is 5.24. The Bertz CT molecular complexity index is 1710. The molecule has 2 aromatic carbocycles. The molecule has 2 aliphatic carbocycles. The topological polar surface area (TPSA) is 118 Å². The van der Waals surface area contributed by atoms with Gasteiger partial charge in [0.2, 0.25) is 0 Å². The second-order valence-corrected chi connectivity index (χ2v) is 10.1. The van der Waals surface area contributed by atoms with Crippen LogP contribution in [0, 0.1) is 17.1 Å². The summed E-state index contributed by atoms with van der Waals surface area (Å²) in [5, 5.41) is 18.7. The molecule has 2 heterocycles. The van der Waals surface area contributed by atoms with Crippen molar-refractivity contribution in [3.8, 4) is 34.2 Å². The van der Waals surface area contributed by atoms with E-state index in [4.69, 9.17) is 10.5 Å². The Hall–Kier alpha value is -4.65. The van der Waals surface area contributed by atoms with Crippen molar-refractivity contribution in [2.24, 2.45) is 17.9 Å². The number of aromatic nitrogens is 2. The van der Waals surface area contributed by atoms with Gasteiger partial charge in [0.1, 0.15) is 28.9 Å². The first-order valence-corrected chi connectivity index (χ1v) is 12.8. The van der Waals surface area contributed by atoms with Crippen molar-refractivity contribution in [1.29, 1.82) is 5.26 Å². The van der Waals surface area contributed by atoms with E-state index in [1.165, 1.54) is 10.7 Å². The number of hydrogen-bond donors (Lipinski definition) is 2. The van der Waals surface area contributed by atoms with Gasteiger partial charge in [-0.3, -0.25) is 10.1 Å². The summed E-state index contributed by atoms with van der Waals surface area (Å²) < 4.78 is 50.2. The first-order chi connectivity index (χ1) is 19.3. The molecule has 1 aromatic heterocycles. The number of allylic oxidation sites excluding steroid dienone is 1. The third-order valence-corrected chi connectivity index (χ3v) is 7.56. The lowest BCUT2D eigenvalue weighted by Crippen LogP contribution is -2.25. The molecule has 0 spiro atoms. The van der Waals surface area contributed by atoms with Gasteiger partial charge in [-0.2, -0.15) is 24.2 Å². The lowest BCUT2D eigenvalue weighted by molar-refractivity contribution is 0.300. The highest BCUT2D eigenvalue weighted by molar-refractivity contribution is 6.10. The highest BCUT2D eigenvalue weighted by Crippen LogP contribution is 2.49. The lowest BCUT2D eigenvalue weighted by atomic mass is 9.75. The normalized spacial score (nSPS) is 17.7. The number of aryl methyl sites for hydroxylation is 1. The standard InChI is InChI=1S/C29H23F3N6O2/c1-38-28(22(12-35-38)14-2-5-18-20(8-14)23(11-34)36-37-24(18)13-39)26-21(10-33)25(40-17-3-4-17)9-19(27(26)30)15-6-16(7-15)29(31)32/h2,5,8-9,12,15,17,37H,3-4,6-7,11,34H2,1H3. The Morgan fingerprint density at radius 1 is 1.23 bits per heavy atom. The summed E-state index contributed by atoms with van der Waals surface area (Å²) in [5.41, 5.74) is 12.1. The van der Waals surface area contributed by atoms with Gasteiger partial charge in [0, 0.05) is 30.3 Å². The number of fused-ring (bicyclic) bond motifs is 1. The summed E-state index contributed by atoms with van der Waals surface area (Å²) in [6, 6.07) is 8.85. The number of hydrazone groups is 1. The van der Waals surface area contributed by atoms with Gasteiger partial charge in [-0.15, -0.1) is 0 Å². The summed E-state index contributed by atoms with van der Waals surface area (Å²) in [6.45, 7) is 0.101. The van der Waals surface area contributed by atoms with Gasteiger partial charge in [-0.05, 0) is 60.4 Å². The van der Waals surface area contributed by atoms with E-state index in [2.05, 4.69) is 21.7 Å². The monoisotopic (exact) mass is 544 g/mol. The fourth-order valence-corrected chi connectivity index (χ4v) is 5.24. The fraction of sp³-hybridized carbons (Fsp3) is 0.276. The molecule has 40 heavy (non-hydrogen) atoms. The molecular weight excluding hydrogens is 521 g/mol. The van der Waals surface area contributed by atoms with E-state index < -0.39 is 17.8 Å². The van der Waals surface area contributed by atoms with Crippen LogP contribution in [0.15, 0.2) is 47.2 Å². The summed E-state index contributed by atoms with van der Waals surface area (Å²) in [6.07, 6.45) is 1.47.